The normalized spacial score (nSPS) is 30.2. The predicted octanol–water partition coefficient (Wildman–Crippen LogP) is -0.0514. The summed E-state index contributed by atoms with van der Waals surface area (Å²) in [6.07, 6.45) is -0.392. The van der Waals surface area contributed by atoms with E-state index in [1.807, 2.05) is 6.92 Å². The SMILES string of the molecule is CC1C(O)[C@@H](CO)O[C@H]1n1cnc2c(N)nc(Cl)nc21. The highest BCUT2D eigenvalue weighted by Crippen LogP contribution is 2.36. The van der Waals surface area contributed by atoms with Crippen molar-refractivity contribution < 1.29 is 14.9 Å². The van der Waals surface area contributed by atoms with Crippen molar-refractivity contribution >= 4 is 28.6 Å². The lowest BCUT2D eigenvalue weighted by atomic mass is 10.0. The van der Waals surface area contributed by atoms with Crippen molar-refractivity contribution in [2.75, 3.05) is 12.3 Å². The van der Waals surface area contributed by atoms with Crippen LogP contribution in [0.5, 0.6) is 0 Å². The Morgan fingerprint density at radius 3 is 2.90 bits per heavy atom. The molecule has 8 nitrogen and oxygen atoms in total. The van der Waals surface area contributed by atoms with E-state index in [9.17, 15) is 10.2 Å². The Hall–Kier alpha value is -1.48. The monoisotopic (exact) mass is 299 g/mol. The van der Waals surface area contributed by atoms with Gasteiger partial charge in [-0.05, 0) is 11.6 Å². The molecule has 0 radical (unpaired) electrons. The van der Waals surface area contributed by atoms with E-state index in [0.717, 1.165) is 0 Å². The van der Waals surface area contributed by atoms with E-state index in [2.05, 4.69) is 15.0 Å². The second-order valence-corrected chi connectivity index (χ2v) is 5.14. The second-order valence-electron chi connectivity index (χ2n) is 4.80. The molecule has 0 aromatic carbocycles. The lowest BCUT2D eigenvalue weighted by Gasteiger charge is -2.17. The third kappa shape index (κ3) is 1.92. The van der Waals surface area contributed by atoms with Crippen LogP contribution in [-0.2, 0) is 4.74 Å². The molecule has 9 heteroatoms. The third-order valence-electron chi connectivity index (χ3n) is 3.56. The molecule has 0 spiro atoms. The third-order valence-corrected chi connectivity index (χ3v) is 3.73. The molecule has 108 valence electrons. The Balaban J connectivity index is 2.07. The van der Waals surface area contributed by atoms with Crippen molar-refractivity contribution in [1.29, 1.82) is 0 Å². The summed E-state index contributed by atoms with van der Waals surface area (Å²) in [6, 6.07) is 0. The summed E-state index contributed by atoms with van der Waals surface area (Å²) in [4.78, 5) is 12.1. The molecule has 0 amide bonds. The standard InChI is InChI=1S/C11H14ClN5O3/c1-4-7(19)5(2-18)20-10(4)17-3-14-6-8(13)15-11(12)16-9(6)17/h3-5,7,10,18-19H,2H2,1H3,(H2,13,15,16)/t4?,5-,7?,10-/m1/s1. The maximum atomic E-state index is 10.0. The summed E-state index contributed by atoms with van der Waals surface area (Å²) in [7, 11) is 0. The van der Waals surface area contributed by atoms with E-state index in [1.54, 1.807) is 4.57 Å². The van der Waals surface area contributed by atoms with Gasteiger partial charge >= 0.3 is 0 Å². The first-order chi connectivity index (χ1) is 9.52. The molecule has 2 aromatic rings. The minimum absolute atomic E-state index is 0.0154. The number of aliphatic hydroxyl groups is 2. The molecule has 2 aromatic heterocycles. The van der Waals surface area contributed by atoms with E-state index in [1.165, 1.54) is 6.33 Å². The van der Waals surface area contributed by atoms with Gasteiger partial charge in [0.25, 0.3) is 0 Å². The van der Waals surface area contributed by atoms with Crippen LogP contribution in [0.25, 0.3) is 11.2 Å². The van der Waals surface area contributed by atoms with Gasteiger partial charge < -0.3 is 20.7 Å². The van der Waals surface area contributed by atoms with Crippen LogP contribution in [0, 0.1) is 5.92 Å². The first kappa shape index (κ1) is 13.5. The Morgan fingerprint density at radius 2 is 2.25 bits per heavy atom. The maximum Gasteiger partial charge on any atom is 0.226 e. The van der Waals surface area contributed by atoms with Crippen LogP contribution in [-0.4, -0.2) is 48.5 Å². The smallest absolute Gasteiger partial charge is 0.226 e. The van der Waals surface area contributed by atoms with Crippen molar-refractivity contribution in [2.24, 2.45) is 5.92 Å². The average Bonchev–Trinajstić information content (AvgIpc) is 2.93. The Labute approximate surface area is 119 Å². The highest BCUT2D eigenvalue weighted by Gasteiger charge is 2.42. The number of aromatic nitrogens is 4. The first-order valence-corrected chi connectivity index (χ1v) is 6.50. The highest BCUT2D eigenvalue weighted by molar-refractivity contribution is 6.28. The van der Waals surface area contributed by atoms with E-state index in [-0.39, 0.29) is 23.6 Å². The molecule has 3 rings (SSSR count). The number of rotatable bonds is 2. The number of nitrogens with zero attached hydrogens (tertiary/aromatic N) is 4. The molecular weight excluding hydrogens is 286 g/mol. The molecule has 1 aliphatic heterocycles. The van der Waals surface area contributed by atoms with Gasteiger partial charge in [-0.1, -0.05) is 6.92 Å². The fraction of sp³-hybridized carbons (Fsp3) is 0.545. The number of imidazole rings is 1. The second kappa shape index (κ2) is 4.81. The molecule has 1 saturated heterocycles. The number of ether oxygens (including phenoxy) is 1. The van der Waals surface area contributed by atoms with Crippen LogP contribution in [0.15, 0.2) is 6.33 Å². The van der Waals surface area contributed by atoms with Gasteiger partial charge in [-0.2, -0.15) is 9.97 Å². The molecule has 1 fully saturated rings. The van der Waals surface area contributed by atoms with Crippen molar-refractivity contribution in [3.05, 3.63) is 11.6 Å². The summed E-state index contributed by atoms with van der Waals surface area (Å²) in [6.45, 7) is 1.56. The molecule has 2 unspecified atom stereocenters. The van der Waals surface area contributed by atoms with Gasteiger partial charge in [-0.25, -0.2) is 4.98 Å². The fourth-order valence-electron chi connectivity index (χ4n) is 2.46. The Morgan fingerprint density at radius 1 is 1.50 bits per heavy atom. The largest absolute Gasteiger partial charge is 0.394 e. The minimum Gasteiger partial charge on any atom is -0.394 e. The number of aliphatic hydroxyl groups excluding tert-OH is 2. The summed E-state index contributed by atoms with van der Waals surface area (Å²) >= 11 is 5.81. The molecule has 1 aliphatic rings. The minimum atomic E-state index is -0.767. The van der Waals surface area contributed by atoms with Crippen molar-refractivity contribution in [3.63, 3.8) is 0 Å². The van der Waals surface area contributed by atoms with Gasteiger partial charge in [-0.15, -0.1) is 0 Å². The van der Waals surface area contributed by atoms with E-state index < -0.39 is 18.4 Å². The zero-order valence-electron chi connectivity index (χ0n) is 10.6. The number of hydrogen-bond acceptors (Lipinski definition) is 7. The zero-order chi connectivity index (χ0) is 14.4. The Kier molecular flexibility index (Phi) is 3.25. The number of anilines is 1. The number of fused-ring (bicyclic) bond motifs is 1. The van der Waals surface area contributed by atoms with Crippen molar-refractivity contribution in [3.8, 4) is 0 Å². The van der Waals surface area contributed by atoms with Gasteiger partial charge in [0.05, 0.1) is 19.0 Å². The van der Waals surface area contributed by atoms with Crippen LogP contribution in [0.1, 0.15) is 13.2 Å². The van der Waals surface area contributed by atoms with Crippen LogP contribution in [0.2, 0.25) is 5.28 Å². The van der Waals surface area contributed by atoms with Gasteiger partial charge in [-0.3, -0.25) is 4.57 Å². The van der Waals surface area contributed by atoms with E-state index in [4.69, 9.17) is 22.1 Å². The lowest BCUT2D eigenvalue weighted by molar-refractivity contribution is -0.0447. The molecule has 0 aliphatic carbocycles. The van der Waals surface area contributed by atoms with Crippen molar-refractivity contribution in [1.82, 2.24) is 19.5 Å². The molecule has 0 saturated carbocycles. The van der Waals surface area contributed by atoms with Gasteiger partial charge in [0.2, 0.25) is 5.28 Å². The molecule has 4 N–H and O–H groups in total. The quantitative estimate of drug-likeness (QED) is 0.665. The topological polar surface area (TPSA) is 119 Å². The summed E-state index contributed by atoms with van der Waals surface area (Å²) in [5, 5.41) is 19.2. The summed E-state index contributed by atoms with van der Waals surface area (Å²) in [5.74, 6) is -0.0526. The highest BCUT2D eigenvalue weighted by atomic mass is 35.5. The number of halogens is 1. The number of hydrogen-bond donors (Lipinski definition) is 3. The van der Waals surface area contributed by atoms with Crippen LogP contribution in [0.3, 0.4) is 0 Å². The fourth-order valence-corrected chi connectivity index (χ4v) is 2.63. The summed E-state index contributed by atoms with van der Waals surface area (Å²) in [5.41, 5.74) is 6.60. The van der Waals surface area contributed by atoms with Gasteiger partial charge in [0, 0.05) is 5.92 Å². The van der Waals surface area contributed by atoms with Crippen LogP contribution < -0.4 is 5.73 Å². The van der Waals surface area contributed by atoms with Crippen molar-refractivity contribution in [2.45, 2.75) is 25.4 Å². The van der Waals surface area contributed by atoms with Gasteiger partial charge in [0.1, 0.15) is 17.8 Å². The average molecular weight is 300 g/mol. The maximum absolute atomic E-state index is 10.0. The molecular formula is C11H14ClN5O3. The lowest BCUT2D eigenvalue weighted by Crippen LogP contribution is -2.28. The molecule has 20 heavy (non-hydrogen) atoms. The zero-order valence-corrected chi connectivity index (χ0v) is 11.4. The number of nitrogens with two attached hydrogens (primary N) is 1. The molecule has 4 atom stereocenters. The first-order valence-electron chi connectivity index (χ1n) is 6.13. The molecule has 3 heterocycles. The van der Waals surface area contributed by atoms with Crippen LogP contribution >= 0.6 is 11.6 Å². The summed E-state index contributed by atoms with van der Waals surface area (Å²) < 4.78 is 7.29. The molecule has 0 bridgehead atoms. The predicted molar refractivity (Wildman–Crippen MR) is 70.9 cm³/mol. The van der Waals surface area contributed by atoms with Crippen LogP contribution in [0.4, 0.5) is 5.82 Å². The van der Waals surface area contributed by atoms with E-state index in [0.29, 0.717) is 11.2 Å². The Bertz CT molecular complexity index is 648. The van der Waals surface area contributed by atoms with Gasteiger partial charge in [0.15, 0.2) is 11.5 Å². The number of nitrogen functional groups attached to an aromatic ring is 1. The van der Waals surface area contributed by atoms with E-state index >= 15 is 0 Å².